The fourth-order valence-corrected chi connectivity index (χ4v) is 1.71. The summed E-state index contributed by atoms with van der Waals surface area (Å²) in [5.41, 5.74) is 0. The monoisotopic (exact) mass is 256 g/mol. The number of ether oxygens (including phenoxy) is 1. The molecule has 6 heteroatoms. The predicted octanol–water partition coefficient (Wildman–Crippen LogP) is 2.08. The number of nitrogens with one attached hydrogen (secondary N) is 2. The van der Waals surface area contributed by atoms with Gasteiger partial charge in [-0.3, -0.25) is 0 Å². The molecule has 0 fully saturated rings. The summed E-state index contributed by atoms with van der Waals surface area (Å²) in [6.45, 7) is 5.49. The van der Waals surface area contributed by atoms with Gasteiger partial charge in [-0.25, -0.2) is 9.97 Å². The lowest BCUT2D eigenvalue weighted by atomic mass is 10.4. The van der Waals surface area contributed by atoms with E-state index in [1.165, 1.54) is 11.8 Å². The minimum atomic E-state index is 0.172. The van der Waals surface area contributed by atoms with Gasteiger partial charge >= 0.3 is 0 Å². The Kier molecular flexibility index (Phi) is 6.07. The molecular weight excluding hydrogens is 236 g/mol. The van der Waals surface area contributed by atoms with Crippen LogP contribution in [-0.2, 0) is 4.74 Å². The Hall–Kier alpha value is -1.01. The minimum absolute atomic E-state index is 0.172. The molecular formula is C11H20N4OS. The summed E-state index contributed by atoms with van der Waals surface area (Å²) in [6, 6.07) is 1.89. The second kappa shape index (κ2) is 7.34. The van der Waals surface area contributed by atoms with Crippen LogP contribution in [0.1, 0.15) is 13.8 Å². The first-order valence-electron chi connectivity index (χ1n) is 5.65. The highest BCUT2D eigenvalue weighted by Crippen LogP contribution is 2.16. The van der Waals surface area contributed by atoms with E-state index in [0.29, 0.717) is 0 Å². The van der Waals surface area contributed by atoms with E-state index in [2.05, 4.69) is 20.6 Å². The second-order valence-electron chi connectivity index (χ2n) is 3.52. The van der Waals surface area contributed by atoms with Crippen LogP contribution in [-0.4, -0.2) is 42.5 Å². The SMILES string of the molecule is CCOC(C)CNc1cc(NC)nc(SC)n1. The Morgan fingerprint density at radius 1 is 1.41 bits per heavy atom. The average Bonchev–Trinajstić information content (AvgIpc) is 2.36. The molecule has 1 aromatic heterocycles. The van der Waals surface area contributed by atoms with Gasteiger partial charge in [-0.1, -0.05) is 11.8 Å². The Bertz CT molecular complexity index is 326. The summed E-state index contributed by atoms with van der Waals surface area (Å²) in [5, 5.41) is 7.02. The van der Waals surface area contributed by atoms with Gasteiger partial charge < -0.3 is 15.4 Å². The summed E-state index contributed by atoms with van der Waals surface area (Å²) < 4.78 is 5.45. The minimum Gasteiger partial charge on any atom is -0.377 e. The maximum absolute atomic E-state index is 5.45. The molecule has 1 unspecified atom stereocenters. The van der Waals surface area contributed by atoms with E-state index in [1.807, 2.05) is 33.2 Å². The highest BCUT2D eigenvalue weighted by atomic mass is 32.2. The summed E-state index contributed by atoms with van der Waals surface area (Å²) in [7, 11) is 1.85. The van der Waals surface area contributed by atoms with Crippen molar-refractivity contribution in [2.24, 2.45) is 0 Å². The maximum atomic E-state index is 5.45. The molecule has 0 aliphatic rings. The number of hydrogen-bond acceptors (Lipinski definition) is 6. The Labute approximate surface area is 107 Å². The lowest BCUT2D eigenvalue weighted by Crippen LogP contribution is -2.20. The summed E-state index contributed by atoms with van der Waals surface area (Å²) in [4.78, 5) is 8.68. The molecule has 0 aromatic carbocycles. The third kappa shape index (κ3) is 4.79. The fraction of sp³-hybridized carbons (Fsp3) is 0.636. The van der Waals surface area contributed by atoms with Crippen LogP contribution in [0, 0.1) is 0 Å². The summed E-state index contributed by atoms with van der Waals surface area (Å²) in [5.74, 6) is 1.64. The molecule has 0 aliphatic carbocycles. The van der Waals surface area contributed by atoms with Crippen molar-refractivity contribution in [2.45, 2.75) is 25.1 Å². The van der Waals surface area contributed by atoms with Gasteiger partial charge in [0.15, 0.2) is 5.16 Å². The van der Waals surface area contributed by atoms with Crippen molar-refractivity contribution in [1.82, 2.24) is 9.97 Å². The highest BCUT2D eigenvalue weighted by molar-refractivity contribution is 7.98. The molecule has 0 bridgehead atoms. The van der Waals surface area contributed by atoms with Gasteiger partial charge in [-0.15, -0.1) is 0 Å². The van der Waals surface area contributed by atoms with Gasteiger partial charge in [0, 0.05) is 26.3 Å². The molecule has 0 spiro atoms. The topological polar surface area (TPSA) is 59.1 Å². The smallest absolute Gasteiger partial charge is 0.191 e. The number of anilines is 2. The third-order valence-corrected chi connectivity index (χ3v) is 2.71. The van der Waals surface area contributed by atoms with Gasteiger partial charge in [0.25, 0.3) is 0 Å². The van der Waals surface area contributed by atoms with Crippen LogP contribution in [0.25, 0.3) is 0 Å². The molecule has 1 atom stereocenters. The molecule has 0 radical (unpaired) electrons. The van der Waals surface area contributed by atoms with E-state index in [-0.39, 0.29) is 6.10 Å². The first-order chi connectivity index (χ1) is 8.19. The normalized spacial score (nSPS) is 12.2. The van der Waals surface area contributed by atoms with E-state index in [1.54, 1.807) is 0 Å². The Morgan fingerprint density at radius 2 is 2.12 bits per heavy atom. The average molecular weight is 256 g/mol. The van der Waals surface area contributed by atoms with Crippen LogP contribution in [0.2, 0.25) is 0 Å². The van der Waals surface area contributed by atoms with E-state index in [9.17, 15) is 0 Å². The number of nitrogens with zero attached hydrogens (tertiary/aromatic N) is 2. The van der Waals surface area contributed by atoms with Crippen molar-refractivity contribution in [3.05, 3.63) is 6.07 Å². The lowest BCUT2D eigenvalue weighted by molar-refractivity contribution is 0.0855. The van der Waals surface area contributed by atoms with Gasteiger partial charge in [-0.05, 0) is 20.1 Å². The molecule has 96 valence electrons. The van der Waals surface area contributed by atoms with Crippen molar-refractivity contribution >= 4 is 23.4 Å². The molecule has 1 aromatic rings. The molecule has 0 saturated heterocycles. The largest absolute Gasteiger partial charge is 0.377 e. The first kappa shape index (κ1) is 14.1. The van der Waals surface area contributed by atoms with Crippen LogP contribution in [0.4, 0.5) is 11.6 Å². The van der Waals surface area contributed by atoms with Crippen molar-refractivity contribution in [3.8, 4) is 0 Å². The van der Waals surface area contributed by atoms with Crippen LogP contribution < -0.4 is 10.6 Å². The van der Waals surface area contributed by atoms with Crippen LogP contribution in [0.3, 0.4) is 0 Å². The van der Waals surface area contributed by atoms with Crippen LogP contribution in [0.15, 0.2) is 11.2 Å². The van der Waals surface area contributed by atoms with Gasteiger partial charge in [0.2, 0.25) is 0 Å². The number of aromatic nitrogens is 2. The van der Waals surface area contributed by atoms with Gasteiger partial charge in [0.1, 0.15) is 11.6 Å². The highest BCUT2D eigenvalue weighted by Gasteiger charge is 2.05. The Morgan fingerprint density at radius 3 is 2.71 bits per heavy atom. The van der Waals surface area contributed by atoms with E-state index >= 15 is 0 Å². The van der Waals surface area contributed by atoms with Gasteiger partial charge in [0.05, 0.1) is 6.10 Å². The molecule has 1 rings (SSSR count). The van der Waals surface area contributed by atoms with Crippen LogP contribution >= 0.6 is 11.8 Å². The molecule has 1 heterocycles. The third-order valence-electron chi connectivity index (χ3n) is 2.17. The lowest BCUT2D eigenvalue weighted by Gasteiger charge is -2.13. The predicted molar refractivity (Wildman–Crippen MR) is 72.9 cm³/mol. The molecule has 2 N–H and O–H groups in total. The zero-order chi connectivity index (χ0) is 12.7. The summed E-state index contributed by atoms with van der Waals surface area (Å²) >= 11 is 1.52. The van der Waals surface area contributed by atoms with Gasteiger partial charge in [-0.2, -0.15) is 0 Å². The van der Waals surface area contributed by atoms with Crippen molar-refractivity contribution < 1.29 is 4.74 Å². The molecule has 0 aliphatic heterocycles. The van der Waals surface area contributed by atoms with Crippen LogP contribution in [0.5, 0.6) is 0 Å². The van der Waals surface area contributed by atoms with E-state index in [0.717, 1.165) is 29.9 Å². The summed E-state index contributed by atoms with van der Waals surface area (Å²) in [6.07, 6.45) is 2.13. The molecule has 17 heavy (non-hydrogen) atoms. The number of hydrogen-bond donors (Lipinski definition) is 2. The zero-order valence-corrected chi connectivity index (χ0v) is 11.6. The molecule has 5 nitrogen and oxygen atoms in total. The number of rotatable bonds is 7. The van der Waals surface area contributed by atoms with E-state index in [4.69, 9.17) is 4.74 Å². The molecule has 0 saturated carbocycles. The first-order valence-corrected chi connectivity index (χ1v) is 6.88. The maximum Gasteiger partial charge on any atom is 0.191 e. The quantitative estimate of drug-likeness (QED) is 0.575. The van der Waals surface area contributed by atoms with Crippen molar-refractivity contribution in [3.63, 3.8) is 0 Å². The zero-order valence-electron chi connectivity index (χ0n) is 10.8. The second-order valence-corrected chi connectivity index (χ2v) is 4.30. The van der Waals surface area contributed by atoms with Crippen molar-refractivity contribution in [1.29, 1.82) is 0 Å². The van der Waals surface area contributed by atoms with E-state index < -0.39 is 0 Å². The fourth-order valence-electron chi connectivity index (χ4n) is 1.33. The number of thioether (sulfide) groups is 1. The standard InChI is InChI=1S/C11H20N4OS/c1-5-16-8(2)7-13-10-6-9(12-3)14-11(15-10)17-4/h6,8H,5,7H2,1-4H3,(H2,12,13,14,15). The van der Waals surface area contributed by atoms with Crippen molar-refractivity contribution in [2.75, 3.05) is 37.1 Å². The molecule has 0 amide bonds. The Balaban J connectivity index is 2.63.